The minimum absolute atomic E-state index is 0.116. The van der Waals surface area contributed by atoms with Gasteiger partial charge in [-0.1, -0.05) is 32.1 Å². The number of halogens is 1. The van der Waals surface area contributed by atoms with Crippen molar-refractivity contribution >= 4 is 16.9 Å². The van der Waals surface area contributed by atoms with E-state index in [-0.39, 0.29) is 22.8 Å². The maximum atomic E-state index is 13.8. The number of aromatic nitrogens is 1. The monoisotopic (exact) mass is 423 g/mol. The first-order chi connectivity index (χ1) is 14.4. The van der Waals surface area contributed by atoms with Crippen molar-refractivity contribution in [1.29, 1.82) is 0 Å². The third-order valence-electron chi connectivity index (χ3n) is 9.31. The lowest BCUT2D eigenvalue weighted by atomic mass is 9.48. The molecule has 1 aromatic heterocycles. The molecule has 0 amide bonds. The fourth-order valence-corrected chi connectivity index (χ4v) is 8.88. The molecule has 0 aliphatic heterocycles. The summed E-state index contributed by atoms with van der Waals surface area (Å²) in [4.78, 5) is 6.29. The third kappa shape index (κ3) is 2.53. The van der Waals surface area contributed by atoms with Crippen molar-refractivity contribution < 1.29 is 9.50 Å². The van der Waals surface area contributed by atoms with E-state index in [9.17, 15) is 9.50 Å². The predicted molar refractivity (Wildman–Crippen MR) is 120 cm³/mol. The summed E-state index contributed by atoms with van der Waals surface area (Å²) < 4.78 is 13.8. The molecular formula is C26H30FNOS. The second-order valence-corrected chi connectivity index (χ2v) is 11.6. The van der Waals surface area contributed by atoms with Crippen LogP contribution in [0.3, 0.4) is 0 Å². The van der Waals surface area contributed by atoms with E-state index in [1.165, 1.54) is 35.1 Å². The van der Waals surface area contributed by atoms with Gasteiger partial charge in [-0.05, 0) is 91.2 Å². The van der Waals surface area contributed by atoms with E-state index >= 15 is 0 Å². The first kappa shape index (κ1) is 19.2. The molecule has 2 fully saturated rings. The molecule has 0 unspecified atom stereocenters. The molecule has 2 saturated carbocycles. The van der Waals surface area contributed by atoms with Crippen LogP contribution >= 0.6 is 11.3 Å². The van der Waals surface area contributed by atoms with Gasteiger partial charge >= 0.3 is 0 Å². The zero-order chi connectivity index (χ0) is 20.7. The number of nitrogens with zero attached hydrogens (tertiary/aromatic N) is 1. The van der Waals surface area contributed by atoms with Crippen molar-refractivity contribution in [2.24, 2.45) is 28.6 Å². The Morgan fingerprint density at radius 1 is 1.13 bits per heavy atom. The molecule has 30 heavy (non-hydrogen) atoms. The second kappa shape index (κ2) is 6.49. The van der Waals surface area contributed by atoms with Crippen LogP contribution in [0.2, 0.25) is 0 Å². The van der Waals surface area contributed by atoms with Crippen molar-refractivity contribution in [2.45, 2.75) is 64.9 Å². The van der Waals surface area contributed by atoms with E-state index in [4.69, 9.17) is 4.98 Å². The van der Waals surface area contributed by atoms with E-state index in [1.54, 1.807) is 23.5 Å². The average Bonchev–Trinajstić information content (AvgIpc) is 3.29. The largest absolute Gasteiger partial charge is 0.393 e. The summed E-state index contributed by atoms with van der Waals surface area (Å²) in [5.41, 5.74) is 3.93. The van der Waals surface area contributed by atoms with Crippen molar-refractivity contribution in [3.63, 3.8) is 0 Å². The fourth-order valence-electron chi connectivity index (χ4n) is 7.59. The van der Waals surface area contributed by atoms with Crippen LogP contribution < -0.4 is 0 Å². The average molecular weight is 424 g/mol. The highest BCUT2D eigenvalue weighted by Crippen LogP contribution is 2.66. The smallest absolute Gasteiger partial charge is 0.124 e. The van der Waals surface area contributed by atoms with Gasteiger partial charge in [0.25, 0.3) is 0 Å². The summed E-state index contributed by atoms with van der Waals surface area (Å²) >= 11 is 1.75. The molecular weight excluding hydrogens is 393 g/mol. The van der Waals surface area contributed by atoms with Crippen LogP contribution in [0.25, 0.3) is 16.1 Å². The molecule has 2 aromatic rings. The van der Waals surface area contributed by atoms with Gasteiger partial charge in [0.1, 0.15) is 10.8 Å². The molecule has 1 heterocycles. The molecule has 1 aromatic carbocycles. The highest BCUT2D eigenvalue weighted by molar-refractivity contribution is 7.16. The first-order valence-electron chi connectivity index (χ1n) is 11.5. The molecule has 0 bridgehead atoms. The SMILES string of the molecule is C[C@]12CC[C@H]3[C@@H](CC=C4c5sc(-c6cccc(F)c6)nc5CC[C@@]43C)[C@@H]1CC[C@@H]2O. The Labute approximate surface area is 182 Å². The Bertz CT molecular complexity index is 1040. The minimum Gasteiger partial charge on any atom is -0.393 e. The molecule has 4 aliphatic rings. The number of benzene rings is 1. The van der Waals surface area contributed by atoms with Crippen LogP contribution in [-0.4, -0.2) is 16.2 Å². The molecule has 4 heteroatoms. The maximum absolute atomic E-state index is 13.8. The second-order valence-electron chi connectivity index (χ2n) is 10.6. The molecule has 2 nitrogen and oxygen atoms in total. The number of aliphatic hydroxyl groups excluding tert-OH is 1. The van der Waals surface area contributed by atoms with Gasteiger partial charge in [0.2, 0.25) is 0 Å². The van der Waals surface area contributed by atoms with Crippen molar-refractivity contribution in [1.82, 2.24) is 4.98 Å². The standard InChI is InChI=1S/C26H30FNOS/c1-25-13-11-21-23(30-24(28-21)15-4-3-5-16(27)14-15)20(25)7-6-17-18-8-9-22(29)26(18,2)12-10-19(17)25/h3-5,7,14,17-19,22,29H,6,8-13H2,1-2H3/t17-,18-,19-,22-,25+,26-/m0/s1. The van der Waals surface area contributed by atoms with E-state index < -0.39 is 0 Å². The molecule has 1 N–H and O–H groups in total. The van der Waals surface area contributed by atoms with Gasteiger partial charge in [0.15, 0.2) is 0 Å². The number of thiazole rings is 1. The highest BCUT2D eigenvalue weighted by atomic mass is 32.1. The number of rotatable bonds is 1. The topological polar surface area (TPSA) is 33.1 Å². The Kier molecular flexibility index (Phi) is 4.15. The number of aliphatic hydroxyl groups is 1. The summed E-state index contributed by atoms with van der Waals surface area (Å²) in [7, 11) is 0. The highest BCUT2D eigenvalue weighted by Gasteiger charge is 2.58. The normalized spacial score (nSPS) is 39.5. The summed E-state index contributed by atoms with van der Waals surface area (Å²) in [5, 5.41) is 11.6. The number of hydrogen-bond acceptors (Lipinski definition) is 3. The molecule has 0 saturated heterocycles. The van der Waals surface area contributed by atoms with Crippen LogP contribution in [0.5, 0.6) is 0 Å². The summed E-state index contributed by atoms with van der Waals surface area (Å²) in [6.07, 6.45) is 10.3. The lowest BCUT2D eigenvalue weighted by Gasteiger charge is -2.56. The van der Waals surface area contributed by atoms with Gasteiger partial charge in [0, 0.05) is 5.56 Å². The lowest BCUT2D eigenvalue weighted by molar-refractivity contribution is -0.0579. The Morgan fingerprint density at radius 3 is 2.83 bits per heavy atom. The molecule has 158 valence electrons. The Hall–Kier alpha value is -1.52. The zero-order valence-corrected chi connectivity index (χ0v) is 18.6. The van der Waals surface area contributed by atoms with Gasteiger partial charge in [-0.2, -0.15) is 0 Å². The van der Waals surface area contributed by atoms with Crippen LogP contribution in [0, 0.1) is 34.4 Å². The Morgan fingerprint density at radius 2 is 2.00 bits per heavy atom. The van der Waals surface area contributed by atoms with Gasteiger partial charge < -0.3 is 5.11 Å². The molecule has 0 spiro atoms. The van der Waals surface area contributed by atoms with Gasteiger partial charge in [-0.15, -0.1) is 11.3 Å². The van der Waals surface area contributed by atoms with E-state index in [1.807, 2.05) is 6.07 Å². The number of fused-ring (bicyclic) bond motifs is 7. The van der Waals surface area contributed by atoms with Crippen molar-refractivity contribution in [3.05, 3.63) is 46.7 Å². The van der Waals surface area contributed by atoms with E-state index in [2.05, 4.69) is 19.9 Å². The molecule has 6 rings (SSSR count). The first-order valence-corrected chi connectivity index (χ1v) is 12.4. The molecule has 6 atom stereocenters. The fraction of sp³-hybridized carbons (Fsp3) is 0.577. The van der Waals surface area contributed by atoms with Crippen LogP contribution in [-0.2, 0) is 6.42 Å². The van der Waals surface area contributed by atoms with Crippen LogP contribution in [0.4, 0.5) is 4.39 Å². The van der Waals surface area contributed by atoms with Crippen molar-refractivity contribution in [2.75, 3.05) is 0 Å². The molecule has 0 radical (unpaired) electrons. The summed E-state index contributed by atoms with van der Waals surface area (Å²) in [6.45, 7) is 4.84. The number of allylic oxidation sites excluding steroid dienone is 2. The Balaban J connectivity index is 1.39. The summed E-state index contributed by atoms with van der Waals surface area (Å²) in [6, 6.07) is 6.83. The number of hydrogen-bond donors (Lipinski definition) is 1. The van der Waals surface area contributed by atoms with Crippen LogP contribution in [0.15, 0.2) is 30.3 Å². The van der Waals surface area contributed by atoms with Crippen LogP contribution in [0.1, 0.15) is 62.9 Å². The molecule has 4 aliphatic carbocycles. The van der Waals surface area contributed by atoms with Gasteiger partial charge in [0.05, 0.1) is 16.7 Å². The third-order valence-corrected chi connectivity index (χ3v) is 10.5. The lowest BCUT2D eigenvalue weighted by Crippen LogP contribution is -2.50. The van der Waals surface area contributed by atoms with E-state index in [0.29, 0.717) is 17.8 Å². The van der Waals surface area contributed by atoms with Crippen molar-refractivity contribution in [3.8, 4) is 10.6 Å². The minimum atomic E-state index is -0.200. The maximum Gasteiger partial charge on any atom is 0.124 e. The predicted octanol–water partition coefficient (Wildman–Crippen LogP) is 6.49. The van der Waals surface area contributed by atoms with Gasteiger partial charge in [-0.25, -0.2) is 9.37 Å². The number of aryl methyl sites for hydroxylation is 1. The zero-order valence-electron chi connectivity index (χ0n) is 17.8. The van der Waals surface area contributed by atoms with E-state index in [0.717, 1.165) is 42.7 Å². The summed E-state index contributed by atoms with van der Waals surface area (Å²) in [5.74, 6) is 1.86. The quantitative estimate of drug-likeness (QED) is 0.568. The van der Waals surface area contributed by atoms with Gasteiger partial charge in [-0.3, -0.25) is 0 Å².